The molecular weight excluding hydrogens is 526 g/mol. The number of rotatable bonds is 10. The summed E-state index contributed by atoms with van der Waals surface area (Å²) >= 11 is 6.17. The molecular formula is C28H28ClN3O5S. The Kier molecular flexibility index (Phi) is 8.48. The van der Waals surface area contributed by atoms with Gasteiger partial charge in [-0.25, -0.2) is 12.7 Å². The van der Waals surface area contributed by atoms with Crippen LogP contribution in [0.5, 0.6) is 0 Å². The second kappa shape index (κ2) is 11.8. The van der Waals surface area contributed by atoms with Gasteiger partial charge in [-0.3, -0.25) is 14.4 Å². The first-order chi connectivity index (χ1) is 18.2. The van der Waals surface area contributed by atoms with E-state index in [-0.39, 0.29) is 42.3 Å². The smallest absolute Gasteiger partial charge is 0.269 e. The van der Waals surface area contributed by atoms with Crippen LogP contribution in [0, 0.1) is 0 Å². The molecule has 0 aromatic heterocycles. The second-order valence-electron chi connectivity index (χ2n) is 8.88. The molecule has 0 saturated heterocycles. The Morgan fingerprint density at radius 3 is 2.34 bits per heavy atom. The van der Waals surface area contributed by atoms with Crippen LogP contribution >= 0.6 is 11.6 Å². The lowest BCUT2D eigenvalue weighted by molar-refractivity contribution is -0.141. The molecule has 0 bridgehead atoms. The Morgan fingerprint density at radius 1 is 0.974 bits per heavy atom. The van der Waals surface area contributed by atoms with Gasteiger partial charge in [0.05, 0.1) is 5.56 Å². The van der Waals surface area contributed by atoms with Crippen LogP contribution in [0.4, 0.5) is 0 Å². The van der Waals surface area contributed by atoms with Gasteiger partial charge in [-0.1, -0.05) is 66.2 Å². The van der Waals surface area contributed by atoms with E-state index in [1.807, 2.05) is 30.3 Å². The maximum Gasteiger partial charge on any atom is 0.269 e. The molecule has 1 atom stereocenters. The Balaban J connectivity index is 1.62. The molecule has 198 valence electrons. The van der Waals surface area contributed by atoms with Gasteiger partial charge < -0.3 is 10.2 Å². The monoisotopic (exact) mass is 553 g/mol. The highest BCUT2D eigenvalue weighted by molar-refractivity contribution is 7.90. The number of carbonyl (C=O) groups is 3. The summed E-state index contributed by atoms with van der Waals surface area (Å²) in [4.78, 5) is 41.1. The fourth-order valence-electron chi connectivity index (χ4n) is 4.47. The van der Waals surface area contributed by atoms with E-state index in [0.29, 0.717) is 17.1 Å². The summed E-state index contributed by atoms with van der Waals surface area (Å²) in [5, 5.41) is 3.29. The summed E-state index contributed by atoms with van der Waals surface area (Å²) < 4.78 is 26.7. The third-order valence-electron chi connectivity index (χ3n) is 6.30. The highest BCUT2D eigenvalue weighted by Gasteiger charge is 2.41. The van der Waals surface area contributed by atoms with Crippen molar-refractivity contribution in [3.05, 3.63) is 101 Å². The molecule has 1 aliphatic rings. The minimum Gasteiger partial charge on any atom is -0.355 e. The van der Waals surface area contributed by atoms with Gasteiger partial charge in [0.1, 0.15) is 10.9 Å². The van der Waals surface area contributed by atoms with Gasteiger partial charge >= 0.3 is 0 Å². The summed E-state index contributed by atoms with van der Waals surface area (Å²) in [7, 11) is -4.06. The number of hydrogen-bond donors (Lipinski definition) is 1. The predicted octanol–water partition coefficient (Wildman–Crippen LogP) is 3.65. The number of fused-ring (bicyclic) bond motifs is 1. The molecule has 3 amide bonds. The van der Waals surface area contributed by atoms with Crippen molar-refractivity contribution < 1.29 is 22.8 Å². The molecule has 1 heterocycles. The first kappa shape index (κ1) is 27.3. The summed E-state index contributed by atoms with van der Waals surface area (Å²) in [6.07, 6.45) is -0.0322. The molecule has 3 aromatic rings. The fraction of sp³-hybridized carbons (Fsp3) is 0.250. The van der Waals surface area contributed by atoms with E-state index in [4.69, 9.17) is 11.6 Å². The number of halogens is 1. The van der Waals surface area contributed by atoms with E-state index in [9.17, 15) is 22.8 Å². The Hall–Kier alpha value is -3.69. The number of amides is 3. The number of nitrogens with zero attached hydrogens (tertiary/aromatic N) is 2. The van der Waals surface area contributed by atoms with Crippen LogP contribution in [0.1, 0.15) is 34.8 Å². The lowest BCUT2D eigenvalue weighted by Crippen LogP contribution is -2.51. The number of hydrogen-bond acceptors (Lipinski definition) is 5. The van der Waals surface area contributed by atoms with E-state index >= 15 is 0 Å². The zero-order valence-corrected chi connectivity index (χ0v) is 22.4. The number of likely N-dealkylation sites (N-methyl/N-ethyl adjacent to an activating group) is 1. The normalized spacial score (nSPS) is 14.6. The Morgan fingerprint density at radius 2 is 1.66 bits per heavy atom. The van der Waals surface area contributed by atoms with E-state index in [0.717, 1.165) is 9.87 Å². The predicted molar refractivity (Wildman–Crippen MR) is 144 cm³/mol. The number of nitrogens with one attached hydrogen (secondary N) is 1. The number of benzene rings is 3. The minimum absolute atomic E-state index is 0.0717. The van der Waals surface area contributed by atoms with Gasteiger partial charge in [-0.05, 0) is 42.3 Å². The van der Waals surface area contributed by atoms with Crippen molar-refractivity contribution in [1.29, 1.82) is 0 Å². The first-order valence-electron chi connectivity index (χ1n) is 12.2. The largest absolute Gasteiger partial charge is 0.355 e. The quantitative estimate of drug-likeness (QED) is 0.413. The molecule has 10 heteroatoms. The number of sulfonamides is 1. The lowest BCUT2D eigenvalue weighted by atomic mass is 10.0. The van der Waals surface area contributed by atoms with Crippen LogP contribution < -0.4 is 5.32 Å². The minimum atomic E-state index is -4.06. The summed E-state index contributed by atoms with van der Waals surface area (Å²) in [6.45, 7) is 1.91. The average molecular weight is 554 g/mol. The van der Waals surface area contributed by atoms with Gasteiger partial charge in [0.2, 0.25) is 11.8 Å². The maximum absolute atomic E-state index is 13.7. The molecule has 3 aromatic carbocycles. The van der Waals surface area contributed by atoms with Crippen molar-refractivity contribution in [3.63, 3.8) is 0 Å². The molecule has 0 fully saturated rings. The van der Waals surface area contributed by atoms with E-state index in [1.165, 1.54) is 17.0 Å². The van der Waals surface area contributed by atoms with Crippen molar-refractivity contribution in [2.24, 2.45) is 0 Å². The molecule has 1 aliphatic heterocycles. The standard InChI is InChI=1S/C28H28ClN3O5S/c1-2-30-27(34)24(18-20-9-4-3-5-10-20)31(19-21-11-8-12-22(29)17-21)26(33)15-16-32-28(35)23-13-6-7-14-25(23)38(32,36)37/h3-14,17,24H,2,15-16,18-19H2,1H3,(H,30,34)/t24-/m1/s1. The van der Waals surface area contributed by atoms with Gasteiger partial charge in [0.25, 0.3) is 15.9 Å². The molecule has 0 saturated carbocycles. The molecule has 0 spiro atoms. The molecule has 8 nitrogen and oxygen atoms in total. The third-order valence-corrected chi connectivity index (χ3v) is 8.38. The molecule has 0 radical (unpaired) electrons. The average Bonchev–Trinajstić information content (AvgIpc) is 3.10. The van der Waals surface area contributed by atoms with Crippen LogP contribution in [-0.2, 0) is 32.6 Å². The molecule has 4 rings (SSSR count). The number of carbonyl (C=O) groups excluding carboxylic acids is 3. The van der Waals surface area contributed by atoms with E-state index in [1.54, 1.807) is 43.3 Å². The summed E-state index contributed by atoms with van der Waals surface area (Å²) in [6, 6.07) is 21.4. The Labute approximate surface area is 227 Å². The van der Waals surface area contributed by atoms with Crippen molar-refractivity contribution in [2.45, 2.75) is 37.2 Å². The molecule has 0 unspecified atom stereocenters. The van der Waals surface area contributed by atoms with Crippen molar-refractivity contribution in [2.75, 3.05) is 13.1 Å². The van der Waals surface area contributed by atoms with Gasteiger partial charge in [0.15, 0.2) is 0 Å². The van der Waals surface area contributed by atoms with Crippen molar-refractivity contribution in [1.82, 2.24) is 14.5 Å². The zero-order chi connectivity index (χ0) is 27.3. The topological polar surface area (TPSA) is 104 Å². The van der Waals surface area contributed by atoms with Crippen LogP contribution in [0.15, 0.2) is 83.8 Å². The van der Waals surface area contributed by atoms with E-state index < -0.39 is 27.9 Å². The van der Waals surface area contributed by atoms with Crippen LogP contribution in [0.3, 0.4) is 0 Å². The fourth-order valence-corrected chi connectivity index (χ4v) is 6.25. The molecule has 38 heavy (non-hydrogen) atoms. The van der Waals surface area contributed by atoms with Crippen molar-refractivity contribution in [3.8, 4) is 0 Å². The van der Waals surface area contributed by atoms with Gasteiger partial charge in [0, 0.05) is 37.5 Å². The van der Waals surface area contributed by atoms with Gasteiger partial charge in [-0.2, -0.15) is 0 Å². The Bertz CT molecular complexity index is 1450. The van der Waals surface area contributed by atoms with E-state index in [2.05, 4.69) is 5.32 Å². The first-order valence-corrected chi connectivity index (χ1v) is 14.1. The zero-order valence-electron chi connectivity index (χ0n) is 20.8. The van der Waals surface area contributed by atoms with Crippen LogP contribution in [0.25, 0.3) is 0 Å². The third kappa shape index (κ3) is 5.89. The highest BCUT2D eigenvalue weighted by Crippen LogP contribution is 2.30. The SMILES string of the molecule is CCNC(=O)[C@@H](Cc1ccccc1)N(Cc1cccc(Cl)c1)C(=O)CCN1C(=O)c2ccccc2S1(=O)=O. The lowest BCUT2D eigenvalue weighted by Gasteiger charge is -2.32. The van der Waals surface area contributed by atoms with Crippen LogP contribution in [0.2, 0.25) is 5.02 Å². The summed E-state index contributed by atoms with van der Waals surface area (Å²) in [5.41, 5.74) is 1.66. The molecule has 0 aliphatic carbocycles. The second-order valence-corrected chi connectivity index (χ2v) is 11.1. The van der Waals surface area contributed by atoms with Gasteiger partial charge in [-0.15, -0.1) is 0 Å². The highest BCUT2D eigenvalue weighted by atomic mass is 35.5. The molecule has 1 N–H and O–H groups in total. The summed E-state index contributed by atoms with van der Waals surface area (Å²) in [5.74, 6) is -1.46. The maximum atomic E-state index is 13.7. The van der Waals surface area contributed by atoms with Crippen LogP contribution in [-0.4, -0.2) is 54.5 Å². The van der Waals surface area contributed by atoms with Crippen molar-refractivity contribution >= 4 is 39.3 Å².